The third-order valence-corrected chi connectivity index (χ3v) is 5.28. The fraction of sp³-hybridized carbons (Fsp3) is 0.409. The number of anilines is 1. The number of hydrogen-bond donors (Lipinski definition) is 2. The number of halogens is 2. The molecule has 0 saturated carbocycles. The third kappa shape index (κ3) is 5.31. The molecule has 0 amide bonds. The zero-order chi connectivity index (χ0) is 21.5. The molecule has 2 aromatic rings. The molecule has 0 aromatic heterocycles. The van der Waals surface area contributed by atoms with Crippen LogP contribution in [0.4, 0.5) is 14.5 Å². The van der Waals surface area contributed by atoms with Crippen LogP contribution in [-0.4, -0.2) is 46.9 Å². The van der Waals surface area contributed by atoms with Crippen molar-refractivity contribution in [2.75, 3.05) is 45.8 Å². The monoisotopic (exact) mass is 418 g/mol. The van der Waals surface area contributed by atoms with E-state index in [1.165, 1.54) is 12.1 Å². The number of nitrogens with zero attached hydrogens (tertiary/aromatic N) is 2. The van der Waals surface area contributed by atoms with Crippen LogP contribution >= 0.6 is 0 Å². The van der Waals surface area contributed by atoms with Gasteiger partial charge in [0.05, 0.1) is 14.2 Å². The summed E-state index contributed by atoms with van der Waals surface area (Å²) in [4.78, 5) is 6.35. The lowest BCUT2D eigenvalue weighted by Crippen LogP contribution is -2.40. The Morgan fingerprint density at radius 2 is 1.93 bits per heavy atom. The number of benzene rings is 2. The van der Waals surface area contributed by atoms with E-state index in [0.29, 0.717) is 24.1 Å². The van der Waals surface area contributed by atoms with Crippen LogP contribution in [0.25, 0.3) is 0 Å². The fourth-order valence-corrected chi connectivity index (χ4v) is 3.55. The highest BCUT2D eigenvalue weighted by Gasteiger charge is 2.23. The zero-order valence-corrected chi connectivity index (χ0v) is 17.5. The van der Waals surface area contributed by atoms with Crippen molar-refractivity contribution in [3.63, 3.8) is 0 Å². The molecular weight excluding hydrogens is 390 g/mol. The summed E-state index contributed by atoms with van der Waals surface area (Å²) >= 11 is 0. The van der Waals surface area contributed by atoms with E-state index in [2.05, 4.69) is 20.5 Å². The Balaban J connectivity index is 1.50. The molecule has 1 aliphatic heterocycles. The smallest absolute Gasteiger partial charge is 0.191 e. The predicted molar refractivity (Wildman–Crippen MR) is 114 cm³/mol. The number of hydrogen-bond acceptors (Lipinski definition) is 4. The lowest BCUT2D eigenvalue weighted by molar-refractivity contribution is 0.390. The summed E-state index contributed by atoms with van der Waals surface area (Å²) in [5.74, 6) is 0.929. The Bertz CT molecular complexity index is 891. The number of nitrogens with one attached hydrogen (secondary N) is 2. The van der Waals surface area contributed by atoms with Crippen molar-refractivity contribution in [3.8, 4) is 11.5 Å². The molecule has 1 fully saturated rings. The molecule has 3 rings (SSSR count). The molecule has 30 heavy (non-hydrogen) atoms. The van der Waals surface area contributed by atoms with Gasteiger partial charge in [0, 0.05) is 56.6 Å². The Morgan fingerprint density at radius 3 is 2.63 bits per heavy atom. The minimum atomic E-state index is -0.820. The predicted octanol–water partition coefficient (Wildman–Crippen LogP) is 3.17. The van der Waals surface area contributed by atoms with E-state index in [1.807, 2.05) is 18.2 Å². The van der Waals surface area contributed by atoms with Gasteiger partial charge in [0.25, 0.3) is 0 Å². The van der Waals surface area contributed by atoms with E-state index in [0.717, 1.165) is 43.1 Å². The molecule has 2 N–H and O–H groups in total. The normalized spacial score (nSPS) is 16.5. The maximum absolute atomic E-state index is 13.5. The van der Waals surface area contributed by atoms with E-state index in [1.54, 1.807) is 27.3 Å². The molecule has 0 bridgehead atoms. The molecule has 1 atom stereocenters. The lowest BCUT2D eigenvalue weighted by atomic mass is 10.1. The molecule has 0 radical (unpaired) electrons. The summed E-state index contributed by atoms with van der Waals surface area (Å²) in [5, 5.41) is 6.64. The summed E-state index contributed by atoms with van der Waals surface area (Å²) in [6.45, 7) is 2.88. The number of aliphatic imine (C=N–C) groups is 1. The van der Waals surface area contributed by atoms with Crippen molar-refractivity contribution in [2.24, 2.45) is 10.9 Å². The maximum atomic E-state index is 13.5. The Hall–Kier alpha value is -3.03. The molecule has 162 valence electrons. The Labute approximate surface area is 175 Å². The van der Waals surface area contributed by atoms with Gasteiger partial charge < -0.3 is 25.0 Å². The first-order valence-corrected chi connectivity index (χ1v) is 9.89. The summed E-state index contributed by atoms with van der Waals surface area (Å²) in [6, 6.07) is 9.74. The summed E-state index contributed by atoms with van der Waals surface area (Å²) in [5.41, 5.74) is 1.71. The van der Waals surface area contributed by atoms with Crippen molar-refractivity contribution >= 4 is 11.6 Å². The van der Waals surface area contributed by atoms with Gasteiger partial charge in [-0.2, -0.15) is 0 Å². The third-order valence-electron chi connectivity index (χ3n) is 5.28. The summed E-state index contributed by atoms with van der Waals surface area (Å²) in [6.07, 6.45) is 0.968. The molecule has 1 saturated heterocycles. The maximum Gasteiger partial charge on any atom is 0.191 e. The standard InChI is InChI=1S/C22H28F2N4O2/c1-25-22(27-13-16-4-6-18(29-2)11-21(16)30-3)26-12-15-8-9-28(14-15)17-5-7-19(23)20(24)10-17/h4-7,10-11,15H,8-9,12-14H2,1-3H3,(H2,25,26,27). The average molecular weight is 418 g/mol. The van der Waals surface area contributed by atoms with Gasteiger partial charge in [-0.1, -0.05) is 0 Å². The quantitative estimate of drug-likeness (QED) is 0.534. The molecular formula is C22H28F2N4O2. The van der Waals surface area contributed by atoms with Crippen LogP contribution in [0.3, 0.4) is 0 Å². The van der Waals surface area contributed by atoms with Gasteiger partial charge in [0.2, 0.25) is 0 Å². The van der Waals surface area contributed by atoms with Gasteiger partial charge in [-0.15, -0.1) is 0 Å². The van der Waals surface area contributed by atoms with Gasteiger partial charge in [0.15, 0.2) is 17.6 Å². The Morgan fingerprint density at radius 1 is 1.10 bits per heavy atom. The summed E-state index contributed by atoms with van der Waals surface area (Å²) in [7, 11) is 4.97. The van der Waals surface area contributed by atoms with E-state index in [4.69, 9.17) is 9.47 Å². The number of rotatable bonds is 7. The van der Waals surface area contributed by atoms with Gasteiger partial charge >= 0.3 is 0 Å². The van der Waals surface area contributed by atoms with E-state index >= 15 is 0 Å². The SMILES string of the molecule is CN=C(NCc1ccc(OC)cc1OC)NCC1CCN(c2ccc(F)c(F)c2)C1. The highest BCUT2D eigenvalue weighted by molar-refractivity contribution is 5.79. The van der Waals surface area contributed by atoms with Crippen LogP contribution in [0.15, 0.2) is 41.4 Å². The fourth-order valence-electron chi connectivity index (χ4n) is 3.55. The van der Waals surface area contributed by atoms with Crippen LogP contribution in [0.1, 0.15) is 12.0 Å². The second-order valence-electron chi connectivity index (χ2n) is 7.18. The van der Waals surface area contributed by atoms with Crippen LogP contribution in [0.5, 0.6) is 11.5 Å². The molecule has 0 spiro atoms. The zero-order valence-electron chi connectivity index (χ0n) is 17.5. The average Bonchev–Trinajstić information content (AvgIpc) is 3.24. The number of methoxy groups -OCH3 is 2. The molecule has 2 aromatic carbocycles. The van der Waals surface area contributed by atoms with Crippen molar-refractivity contribution < 1.29 is 18.3 Å². The number of guanidine groups is 1. The highest BCUT2D eigenvalue weighted by atomic mass is 19.2. The molecule has 6 nitrogen and oxygen atoms in total. The van der Waals surface area contributed by atoms with Gasteiger partial charge in [-0.25, -0.2) is 8.78 Å². The van der Waals surface area contributed by atoms with Gasteiger partial charge in [-0.05, 0) is 36.6 Å². The van der Waals surface area contributed by atoms with Gasteiger partial charge in [0.1, 0.15) is 11.5 Å². The molecule has 1 heterocycles. The topological polar surface area (TPSA) is 58.1 Å². The summed E-state index contributed by atoms with van der Waals surface area (Å²) < 4.78 is 37.3. The number of ether oxygens (including phenoxy) is 2. The van der Waals surface area contributed by atoms with Crippen LogP contribution in [-0.2, 0) is 6.54 Å². The van der Waals surface area contributed by atoms with Crippen molar-refractivity contribution in [1.82, 2.24) is 10.6 Å². The lowest BCUT2D eigenvalue weighted by Gasteiger charge is -2.20. The first-order valence-electron chi connectivity index (χ1n) is 9.89. The second-order valence-corrected chi connectivity index (χ2v) is 7.18. The van der Waals surface area contributed by atoms with E-state index in [-0.39, 0.29) is 0 Å². The molecule has 0 aliphatic carbocycles. The highest BCUT2D eigenvalue weighted by Crippen LogP contribution is 2.26. The molecule has 8 heteroatoms. The van der Waals surface area contributed by atoms with Crippen molar-refractivity contribution in [2.45, 2.75) is 13.0 Å². The first kappa shape index (κ1) is 21.7. The largest absolute Gasteiger partial charge is 0.497 e. The second kappa shape index (κ2) is 10.1. The minimum absolute atomic E-state index is 0.382. The van der Waals surface area contributed by atoms with Crippen molar-refractivity contribution in [3.05, 3.63) is 53.6 Å². The Kier molecular flexibility index (Phi) is 7.32. The molecule has 1 unspecified atom stereocenters. The van der Waals surface area contributed by atoms with E-state index in [9.17, 15) is 8.78 Å². The minimum Gasteiger partial charge on any atom is -0.497 e. The van der Waals surface area contributed by atoms with Crippen molar-refractivity contribution in [1.29, 1.82) is 0 Å². The van der Waals surface area contributed by atoms with Crippen LogP contribution < -0.4 is 25.0 Å². The van der Waals surface area contributed by atoms with Gasteiger partial charge in [-0.3, -0.25) is 4.99 Å². The van der Waals surface area contributed by atoms with Crippen LogP contribution in [0, 0.1) is 17.6 Å². The first-order chi connectivity index (χ1) is 14.5. The van der Waals surface area contributed by atoms with Crippen LogP contribution in [0.2, 0.25) is 0 Å². The molecule has 1 aliphatic rings. The van der Waals surface area contributed by atoms with E-state index < -0.39 is 11.6 Å².